The summed E-state index contributed by atoms with van der Waals surface area (Å²) >= 11 is 0. The van der Waals surface area contributed by atoms with Crippen LogP contribution in [0.3, 0.4) is 0 Å². The van der Waals surface area contributed by atoms with Gasteiger partial charge in [-0.2, -0.15) is 4.68 Å². The van der Waals surface area contributed by atoms with Gasteiger partial charge in [-0.25, -0.2) is 9.97 Å². The third kappa shape index (κ3) is 4.73. The van der Waals surface area contributed by atoms with Crippen molar-refractivity contribution in [2.75, 3.05) is 0 Å². The first-order valence-corrected chi connectivity index (χ1v) is 9.53. The van der Waals surface area contributed by atoms with Gasteiger partial charge in [0.25, 0.3) is 5.91 Å². The molecule has 29 heavy (non-hydrogen) atoms. The molecule has 0 fully saturated rings. The molecule has 2 aromatic heterocycles. The molecule has 6 heteroatoms. The maximum atomic E-state index is 12.4. The maximum absolute atomic E-state index is 12.4. The van der Waals surface area contributed by atoms with Crippen molar-refractivity contribution in [3.05, 3.63) is 108 Å². The van der Waals surface area contributed by atoms with Crippen molar-refractivity contribution in [1.82, 2.24) is 25.1 Å². The van der Waals surface area contributed by atoms with Gasteiger partial charge in [0.2, 0.25) is 0 Å². The van der Waals surface area contributed by atoms with Crippen LogP contribution in [0.1, 0.15) is 27.6 Å². The number of rotatable bonds is 7. The SMILES string of the molecule is O=C(NCc1nc(CCc2ccccc2)nn1-c1ccccn1)c1ccccc1. The molecule has 4 aromatic rings. The van der Waals surface area contributed by atoms with Crippen LogP contribution in [0.4, 0.5) is 0 Å². The van der Waals surface area contributed by atoms with Crippen molar-refractivity contribution < 1.29 is 4.79 Å². The zero-order chi connectivity index (χ0) is 19.9. The highest BCUT2D eigenvalue weighted by atomic mass is 16.1. The molecule has 2 heterocycles. The minimum Gasteiger partial charge on any atom is -0.345 e. The van der Waals surface area contributed by atoms with Crippen LogP contribution >= 0.6 is 0 Å². The zero-order valence-electron chi connectivity index (χ0n) is 15.9. The van der Waals surface area contributed by atoms with Gasteiger partial charge in [0.15, 0.2) is 17.5 Å². The number of carbonyl (C=O) groups is 1. The Labute approximate surface area is 169 Å². The van der Waals surface area contributed by atoms with E-state index in [4.69, 9.17) is 0 Å². The highest BCUT2D eigenvalue weighted by Gasteiger charge is 2.14. The van der Waals surface area contributed by atoms with Crippen LogP contribution in [0.15, 0.2) is 85.1 Å². The second-order valence-electron chi connectivity index (χ2n) is 6.58. The van der Waals surface area contributed by atoms with Crippen molar-refractivity contribution in [3.8, 4) is 5.82 Å². The zero-order valence-corrected chi connectivity index (χ0v) is 15.9. The highest BCUT2D eigenvalue weighted by Crippen LogP contribution is 2.10. The van der Waals surface area contributed by atoms with E-state index < -0.39 is 0 Å². The normalized spacial score (nSPS) is 10.6. The van der Waals surface area contributed by atoms with E-state index >= 15 is 0 Å². The number of carbonyl (C=O) groups excluding carboxylic acids is 1. The summed E-state index contributed by atoms with van der Waals surface area (Å²) in [6, 6.07) is 25.0. The molecule has 0 bridgehead atoms. The number of aromatic nitrogens is 4. The summed E-state index contributed by atoms with van der Waals surface area (Å²) in [6.07, 6.45) is 3.28. The molecule has 6 nitrogen and oxygen atoms in total. The summed E-state index contributed by atoms with van der Waals surface area (Å²) in [7, 11) is 0. The van der Waals surface area contributed by atoms with Gasteiger partial charge in [-0.05, 0) is 36.2 Å². The first kappa shape index (κ1) is 18.6. The van der Waals surface area contributed by atoms with Crippen LogP contribution in [-0.4, -0.2) is 25.7 Å². The second-order valence-corrected chi connectivity index (χ2v) is 6.58. The van der Waals surface area contributed by atoms with E-state index in [0.29, 0.717) is 23.6 Å². The van der Waals surface area contributed by atoms with Crippen molar-refractivity contribution >= 4 is 5.91 Å². The lowest BCUT2D eigenvalue weighted by molar-refractivity contribution is 0.0949. The molecule has 0 aliphatic carbocycles. The number of aryl methyl sites for hydroxylation is 2. The Morgan fingerprint density at radius 3 is 2.31 bits per heavy atom. The standard InChI is InChI=1S/C23H21N5O/c29-23(19-11-5-2-6-12-19)25-17-22-26-20(15-14-18-9-3-1-4-10-18)27-28(22)21-13-7-8-16-24-21/h1-13,16H,14-15,17H2,(H,25,29). The fraction of sp³-hybridized carbons (Fsp3) is 0.130. The molecular formula is C23H21N5O. The topological polar surface area (TPSA) is 72.7 Å². The number of nitrogens with zero attached hydrogens (tertiary/aromatic N) is 4. The van der Waals surface area contributed by atoms with Crippen LogP contribution in [-0.2, 0) is 19.4 Å². The lowest BCUT2D eigenvalue weighted by Gasteiger charge is -2.06. The largest absolute Gasteiger partial charge is 0.345 e. The average molecular weight is 383 g/mol. The Balaban J connectivity index is 1.52. The predicted molar refractivity (Wildman–Crippen MR) is 111 cm³/mol. The lowest BCUT2D eigenvalue weighted by atomic mass is 10.1. The van der Waals surface area contributed by atoms with Crippen molar-refractivity contribution in [2.45, 2.75) is 19.4 Å². The Morgan fingerprint density at radius 1 is 0.862 bits per heavy atom. The molecule has 0 saturated heterocycles. The van der Waals surface area contributed by atoms with Gasteiger partial charge in [0.05, 0.1) is 6.54 Å². The molecule has 0 aliphatic rings. The number of pyridine rings is 1. The summed E-state index contributed by atoms with van der Waals surface area (Å²) in [4.78, 5) is 21.4. The van der Waals surface area contributed by atoms with Crippen LogP contribution in [0.2, 0.25) is 0 Å². The number of nitrogens with one attached hydrogen (secondary N) is 1. The molecule has 0 unspecified atom stereocenters. The van der Waals surface area contributed by atoms with Gasteiger partial charge >= 0.3 is 0 Å². The summed E-state index contributed by atoms with van der Waals surface area (Å²) < 4.78 is 1.70. The summed E-state index contributed by atoms with van der Waals surface area (Å²) in [6.45, 7) is 0.267. The first-order valence-electron chi connectivity index (χ1n) is 9.53. The van der Waals surface area contributed by atoms with Gasteiger partial charge in [-0.3, -0.25) is 4.79 Å². The molecule has 0 aliphatic heterocycles. The van der Waals surface area contributed by atoms with Crippen LogP contribution in [0, 0.1) is 0 Å². The van der Waals surface area contributed by atoms with Crippen molar-refractivity contribution in [1.29, 1.82) is 0 Å². The molecule has 0 saturated carbocycles. The molecule has 0 radical (unpaired) electrons. The molecule has 4 rings (SSSR count). The summed E-state index contributed by atoms with van der Waals surface area (Å²) in [5, 5.41) is 7.56. The van der Waals surface area contributed by atoms with E-state index in [2.05, 4.69) is 32.5 Å². The monoisotopic (exact) mass is 383 g/mol. The summed E-state index contributed by atoms with van der Waals surface area (Å²) in [5.41, 5.74) is 1.85. The molecule has 1 amide bonds. The van der Waals surface area contributed by atoms with Crippen LogP contribution in [0.5, 0.6) is 0 Å². The van der Waals surface area contributed by atoms with Gasteiger partial charge in [-0.15, -0.1) is 5.10 Å². The Kier molecular flexibility index (Phi) is 5.71. The quantitative estimate of drug-likeness (QED) is 0.531. The molecule has 0 spiro atoms. The smallest absolute Gasteiger partial charge is 0.251 e. The van der Waals surface area contributed by atoms with Gasteiger partial charge in [0, 0.05) is 18.2 Å². The minimum atomic E-state index is -0.146. The minimum absolute atomic E-state index is 0.146. The third-order valence-corrected chi connectivity index (χ3v) is 4.51. The van der Waals surface area contributed by atoms with E-state index in [1.807, 2.05) is 54.6 Å². The van der Waals surface area contributed by atoms with E-state index in [1.54, 1.807) is 23.0 Å². The van der Waals surface area contributed by atoms with Crippen molar-refractivity contribution in [3.63, 3.8) is 0 Å². The molecule has 144 valence electrons. The first-order chi connectivity index (χ1) is 14.3. The number of hydrogen-bond donors (Lipinski definition) is 1. The number of benzene rings is 2. The molecular weight excluding hydrogens is 362 g/mol. The maximum Gasteiger partial charge on any atom is 0.251 e. The number of amides is 1. The van der Waals surface area contributed by atoms with Gasteiger partial charge in [-0.1, -0.05) is 54.6 Å². The Morgan fingerprint density at radius 2 is 1.59 bits per heavy atom. The number of hydrogen-bond acceptors (Lipinski definition) is 4. The Bertz CT molecular complexity index is 1060. The fourth-order valence-corrected chi connectivity index (χ4v) is 3.03. The van der Waals surface area contributed by atoms with E-state index in [0.717, 1.165) is 12.2 Å². The summed E-state index contributed by atoms with van der Waals surface area (Å²) in [5.74, 6) is 1.90. The lowest BCUT2D eigenvalue weighted by Crippen LogP contribution is -2.24. The van der Waals surface area contributed by atoms with Gasteiger partial charge in [0.1, 0.15) is 0 Å². The molecule has 2 aromatic carbocycles. The Hall–Kier alpha value is -3.80. The van der Waals surface area contributed by atoms with E-state index in [1.165, 1.54) is 5.56 Å². The second kappa shape index (κ2) is 8.93. The van der Waals surface area contributed by atoms with E-state index in [9.17, 15) is 4.79 Å². The predicted octanol–water partition coefficient (Wildman–Crippen LogP) is 3.38. The van der Waals surface area contributed by atoms with Crippen molar-refractivity contribution in [2.24, 2.45) is 0 Å². The molecule has 1 N–H and O–H groups in total. The van der Waals surface area contributed by atoms with Crippen LogP contribution < -0.4 is 5.32 Å². The molecule has 0 atom stereocenters. The van der Waals surface area contributed by atoms with Crippen LogP contribution in [0.25, 0.3) is 5.82 Å². The highest BCUT2D eigenvalue weighted by molar-refractivity contribution is 5.94. The third-order valence-electron chi connectivity index (χ3n) is 4.51. The fourth-order valence-electron chi connectivity index (χ4n) is 3.03. The van der Waals surface area contributed by atoms with Gasteiger partial charge < -0.3 is 5.32 Å². The van der Waals surface area contributed by atoms with E-state index in [-0.39, 0.29) is 12.5 Å². The average Bonchev–Trinajstić information content (AvgIpc) is 3.21.